The lowest BCUT2D eigenvalue weighted by Crippen LogP contribution is -2.22. The molecule has 0 aromatic rings. The van der Waals surface area contributed by atoms with Crippen LogP contribution in [0.25, 0.3) is 0 Å². The Morgan fingerprint density at radius 2 is 0.569 bits per heavy atom. The first-order valence-corrected chi connectivity index (χ1v) is 26.5. The number of unbranched alkanes of at least 4 members (excludes halogenated alkanes) is 5. The van der Waals surface area contributed by atoms with Gasteiger partial charge < -0.3 is 19.6 Å². The van der Waals surface area contributed by atoms with E-state index in [1.54, 1.807) is 0 Å². The molecule has 4 nitrogen and oxygen atoms in total. The van der Waals surface area contributed by atoms with Crippen LogP contribution in [0.5, 0.6) is 0 Å². The lowest BCUT2D eigenvalue weighted by atomic mass is 10.1. The van der Waals surface area contributed by atoms with Gasteiger partial charge in [0.15, 0.2) is 0 Å². The molecular formula is C54H112N4. The molecule has 0 spiro atoms. The Labute approximate surface area is 368 Å². The van der Waals surface area contributed by atoms with Crippen molar-refractivity contribution in [2.75, 3.05) is 80.5 Å². The van der Waals surface area contributed by atoms with Gasteiger partial charge in [-0.1, -0.05) is 158 Å². The van der Waals surface area contributed by atoms with Crippen molar-refractivity contribution >= 4 is 0 Å². The third kappa shape index (κ3) is 43.9. The molecule has 0 N–H and O–H groups in total. The van der Waals surface area contributed by atoms with Crippen molar-refractivity contribution in [3.8, 4) is 0 Å². The van der Waals surface area contributed by atoms with Gasteiger partial charge in [-0.15, -0.1) is 0 Å². The van der Waals surface area contributed by atoms with Crippen LogP contribution < -0.4 is 0 Å². The summed E-state index contributed by atoms with van der Waals surface area (Å²) in [5.74, 6) is 7.90. The Hall–Kier alpha value is -0.160. The van der Waals surface area contributed by atoms with E-state index in [1.807, 2.05) is 0 Å². The van der Waals surface area contributed by atoms with Crippen LogP contribution in [-0.2, 0) is 0 Å². The molecule has 0 unspecified atom stereocenters. The zero-order valence-electron chi connectivity index (χ0n) is 42.4. The van der Waals surface area contributed by atoms with Crippen molar-refractivity contribution in [3.05, 3.63) is 0 Å². The fourth-order valence-corrected chi connectivity index (χ4v) is 7.99. The maximum Gasteiger partial charge on any atom is 0.000661 e. The molecule has 0 atom stereocenters. The van der Waals surface area contributed by atoms with E-state index in [0.717, 1.165) is 47.3 Å². The van der Waals surface area contributed by atoms with Crippen LogP contribution in [-0.4, -0.2) is 100 Å². The van der Waals surface area contributed by atoms with E-state index in [0.29, 0.717) is 0 Å². The Balaban J connectivity index is 0.000000388. The largest absolute Gasteiger partial charge is 0.306 e. The molecule has 58 heavy (non-hydrogen) atoms. The molecular weight excluding hydrogens is 705 g/mol. The van der Waals surface area contributed by atoms with Gasteiger partial charge in [0.2, 0.25) is 0 Å². The molecule has 0 aromatic heterocycles. The fourth-order valence-electron chi connectivity index (χ4n) is 7.99. The third-order valence-electron chi connectivity index (χ3n) is 13.1. The van der Waals surface area contributed by atoms with E-state index >= 15 is 0 Å². The van der Waals surface area contributed by atoms with Gasteiger partial charge in [-0.25, -0.2) is 0 Å². The summed E-state index contributed by atoms with van der Waals surface area (Å²) in [7, 11) is 9.11. The van der Waals surface area contributed by atoms with Gasteiger partial charge in [-0.2, -0.15) is 0 Å². The first kappa shape index (κ1) is 55.9. The van der Waals surface area contributed by atoms with Gasteiger partial charge in [-0.3, -0.25) is 0 Å². The summed E-state index contributed by atoms with van der Waals surface area (Å²) in [6.07, 6.45) is 37.5. The highest BCUT2D eigenvalue weighted by molar-refractivity contribution is 4.76. The van der Waals surface area contributed by atoms with Crippen LogP contribution in [0, 0.1) is 47.3 Å². The van der Waals surface area contributed by atoms with Crippen LogP contribution in [0.3, 0.4) is 0 Å². The fraction of sp³-hybridized carbons (Fsp3) is 1.00. The average molecular weight is 818 g/mol. The molecule has 0 radical (unpaired) electrons. The maximum atomic E-state index is 2.52. The monoisotopic (exact) mass is 817 g/mol. The number of hydrogen-bond donors (Lipinski definition) is 0. The molecule has 4 aliphatic carbocycles. The van der Waals surface area contributed by atoms with Gasteiger partial charge in [0, 0.05) is 6.54 Å². The SMILES string of the molecule is CC(C)CCCCN(C)CC1CC1.CC(C)CCCCN(C)CCC1CC1.CC(C)CCCCN(C)CCCC1CC1.CC(C)CCCCN(C)CCCCC1CC1. The van der Waals surface area contributed by atoms with Gasteiger partial charge in [0.05, 0.1) is 0 Å². The van der Waals surface area contributed by atoms with E-state index < -0.39 is 0 Å². The van der Waals surface area contributed by atoms with Gasteiger partial charge >= 0.3 is 0 Å². The minimum absolute atomic E-state index is 0.879. The number of hydrogen-bond acceptors (Lipinski definition) is 4. The summed E-state index contributed by atoms with van der Waals surface area (Å²) in [5, 5.41) is 0. The second kappa shape index (κ2) is 36.3. The molecule has 0 heterocycles. The Bertz CT molecular complexity index is 845. The zero-order chi connectivity index (χ0) is 43.0. The summed E-state index contributed by atoms with van der Waals surface area (Å²) in [6.45, 7) is 29.1. The summed E-state index contributed by atoms with van der Waals surface area (Å²) < 4.78 is 0. The second-order valence-electron chi connectivity index (χ2n) is 22.4. The molecule has 4 rings (SSSR count). The van der Waals surface area contributed by atoms with Crippen LogP contribution in [0.1, 0.15) is 222 Å². The molecule has 348 valence electrons. The highest BCUT2D eigenvalue weighted by Gasteiger charge is 2.23. The van der Waals surface area contributed by atoms with E-state index in [2.05, 4.69) is 103 Å². The Kier molecular flexibility index (Phi) is 35.0. The number of nitrogens with zero attached hydrogens (tertiary/aromatic N) is 4. The Morgan fingerprint density at radius 1 is 0.293 bits per heavy atom. The van der Waals surface area contributed by atoms with Crippen molar-refractivity contribution < 1.29 is 0 Å². The topological polar surface area (TPSA) is 13.0 Å². The minimum atomic E-state index is 0.879. The molecule has 0 saturated heterocycles. The molecule has 4 heteroatoms. The van der Waals surface area contributed by atoms with E-state index in [4.69, 9.17) is 0 Å². The van der Waals surface area contributed by atoms with Crippen molar-refractivity contribution in [1.82, 2.24) is 19.6 Å². The van der Waals surface area contributed by atoms with Crippen molar-refractivity contribution in [2.24, 2.45) is 47.3 Å². The van der Waals surface area contributed by atoms with Crippen LogP contribution in [0.2, 0.25) is 0 Å². The number of rotatable bonds is 34. The predicted octanol–water partition coefficient (Wildman–Crippen LogP) is 15.0. The lowest BCUT2D eigenvalue weighted by Gasteiger charge is -2.16. The lowest BCUT2D eigenvalue weighted by molar-refractivity contribution is 0.309. The Morgan fingerprint density at radius 3 is 0.914 bits per heavy atom. The molecule has 0 aliphatic heterocycles. The first-order valence-electron chi connectivity index (χ1n) is 26.5. The third-order valence-corrected chi connectivity index (χ3v) is 13.1. The molecule has 0 amide bonds. The highest BCUT2D eigenvalue weighted by atomic mass is 15.1. The summed E-state index contributed by atoms with van der Waals surface area (Å²) in [5.41, 5.74) is 0. The normalized spacial score (nSPS) is 16.8. The van der Waals surface area contributed by atoms with Crippen molar-refractivity contribution in [1.29, 1.82) is 0 Å². The minimum Gasteiger partial charge on any atom is -0.306 e. The average Bonchev–Trinajstić information content (AvgIpc) is 3.95. The van der Waals surface area contributed by atoms with E-state index in [9.17, 15) is 0 Å². The first-order chi connectivity index (χ1) is 27.7. The van der Waals surface area contributed by atoms with Gasteiger partial charge in [0.1, 0.15) is 0 Å². The van der Waals surface area contributed by atoms with Crippen molar-refractivity contribution in [2.45, 2.75) is 222 Å². The molecule has 0 bridgehead atoms. The van der Waals surface area contributed by atoms with Crippen molar-refractivity contribution in [3.63, 3.8) is 0 Å². The van der Waals surface area contributed by atoms with Crippen LogP contribution in [0.4, 0.5) is 0 Å². The zero-order valence-corrected chi connectivity index (χ0v) is 42.4. The smallest absolute Gasteiger partial charge is 0.000661 e. The van der Waals surface area contributed by atoms with Gasteiger partial charge in [0.25, 0.3) is 0 Å². The molecule has 4 fully saturated rings. The maximum absolute atomic E-state index is 2.52. The quantitative estimate of drug-likeness (QED) is 0.0600. The summed E-state index contributed by atoms with van der Waals surface area (Å²) in [4.78, 5) is 10.1. The molecule has 0 aromatic carbocycles. The predicted molar refractivity (Wildman–Crippen MR) is 263 cm³/mol. The molecule has 4 aliphatic rings. The summed E-state index contributed by atoms with van der Waals surface area (Å²) >= 11 is 0. The molecule has 4 saturated carbocycles. The standard InChI is InChI=1S/C15H31N.C14H29N.C13H27N.C12H25N/c1-14(2)8-4-6-12-16(3)13-7-5-9-15-10-11-15;1-13(2)7-4-5-11-15(3)12-6-8-14-9-10-14;1-12(2)6-4-5-10-14(3)11-9-13-7-8-13;1-11(2)6-4-5-9-13(3)10-12-7-8-12/h14-15H,4-13H2,1-3H3;13-14H,4-12H2,1-3H3;12-13H,4-11H2,1-3H3;11-12H,4-10H2,1-3H3. The second-order valence-corrected chi connectivity index (χ2v) is 22.4. The highest BCUT2D eigenvalue weighted by Crippen LogP contribution is 2.34. The van der Waals surface area contributed by atoms with E-state index in [-0.39, 0.29) is 0 Å². The van der Waals surface area contributed by atoms with Gasteiger partial charge in [-0.05, 0) is 186 Å². The van der Waals surface area contributed by atoms with E-state index in [1.165, 1.54) is 219 Å². The van der Waals surface area contributed by atoms with Crippen LogP contribution >= 0.6 is 0 Å². The van der Waals surface area contributed by atoms with Crippen LogP contribution in [0.15, 0.2) is 0 Å². The summed E-state index contributed by atoms with van der Waals surface area (Å²) in [6, 6.07) is 0.